The minimum atomic E-state index is -4.64. The lowest BCUT2D eigenvalue weighted by atomic mass is 10.9. The summed E-state index contributed by atoms with van der Waals surface area (Å²) in [6.07, 6.45) is 0. The van der Waals surface area contributed by atoms with Gasteiger partial charge in [-0.15, -0.1) is 9.79 Å². The first-order chi connectivity index (χ1) is 5.15. The summed E-state index contributed by atoms with van der Waals surface area (Å²) in [5.41, 5.74) is 0. The van der Waals surface area contributed by atoms with Crippen molar-refractivity contribution in [2.45, 2.75) is 6.92 Å². The zero-order valence-electron chi connectivity index (χ0n) is 6.10. The zero-order valence-corrected chi connectivity index (χ0v) is 7.89. The maximum Gasteiger partial charge on any atom is 0.692 e. The second kappa shape index (κ2) is 11.1. The van der Waals surface area contributed by atoms with E-state index in [1.807, 2.05) is 0 Å². The van der Waals surface area contributed by atoms with Gasteiger partial charge < -0.3 is 19.8 Å². The first-order valence-electron chi connectivity index (χ1n) is 2.39. The van der Waals surface area contributed by atoms with E-state index in [0.29, 0.717) is 0 Å². The van der Waals surface area contributed by atoms with Crippen molar-refractivity contribution in [1.82, 2.24) is 0 Å². The molecule has 0 amide bonds. The van der Waals surface area contributed by atoms with Crippen LogP contribution in [0.15, 0.2) is 0 Å². The molecule has 8 nitrogen and oxygen atoms in total. The van der Waals surface area contributed by atoms with Crippen LogP contribution in [0.25, 0.3) is 0 Å². The predicted molar refractivity (Wildman–Crippen MR) is 39.1 cm³/mol. The van der Waals surface area contributed by atoms with Crippen LogP contribution in [0.5, 0.6) is 0 Å². The molecule has 0 aliphatic rings. The summed E-state index contributed by atoms with van der Waals surface area (Å²) < 4.78 is 17.6. The largest absolute Gasteiger partial charge is 0.692 e. The van der Waals surface area contributed by atoms with Crippen LogP contribution < -0.4 is 0 Å². The second-order valence-corrected chi connectivity index (χ2v) is 2.61. The van der Waals surface area contributed by atoms with Crippen molar-refractivity contribution in [3.8, 4) is 0 Å². The fraction of sp³-hybridized carbons (Fsp3) is 1.00. The lowest BCUT2D eigenvalue weighted by Crippen LogP contribution is -1.66. The number of aliphatic hydroxyl groups is 1. The average Bonchev–Trinajstić information content (AvgIpc) is 1.56. The Hall–Kier alpha value is 0.0900. The molecule has 12 heavy (non-hydrogen) atoms. The summed E-state index contributed by atoms with van der Waals surface area (Å²) in [5, 5.41) is 7.57. The molecule has 0 atom stereocenters. The van der Waals surface area contributed by atoms with Crippen molar-refractivity contribution in [1.29, 1.82) is 0 Å². The minimum Gasteiger partial charge on any atom is -0.397 e. The molecule has 0 aromatic heterocycles. The van der Waals surface area contributed by atoms with E-state index in [9.17, 15) is 0 Å². The molecule has 0 aromatic carbocycles. The molecule has 0 saturated heterocycles. The van der Waals surface area contributed by atoms with Crippen molar-refractivity contribution in [2.24, 2.45) is 0 Å². The Balaban J connectivity index is -0.000000105. The Morgan fingerprint density at radius 1 is 1.25 bits per heavy atom. The van der Waals surface area contributed by atoms with Gasteiger partial charge in [-0.25, -0.2) is 4.57 Å². The number of hydrogen-bond acceptors (Lipinski definition) is 3. The van der Waals surface area contributed by atoms with Gasteiger partial charge in [0.25, 0.3) is 0 Å². The Morgan fingerprint density at radius 2 is 1.25 bits per heavy atom. The topological polar surface area (TPSA) is 156 Å². The van der Waals surface area contributed by atoms with Gasteiger partial charge in [-0.2, -0.15) is 0 Å². The molecule has 6 N–H and O–H groups in total. The Bertz CT molecular complexity index is 126. The molecule has 0 aromatic rings. The molecule has 0 heterocycles. The molecule has 0 bridgehead atoms. The molecule has 0 unspecified atom stereocenters. The lowest BCUT2D eigenvalue weighted by Gasteiger charge is -1.82. The summed E-state index contributed by atoms with van der Waals surface area (Å²) >= 11 is 0. The summed E-state index contributed by atoms with van der Waals surface area (Å²) in [4.78, 5) is 35.8. The number of hydrogen-bond donors (Lipinski definition) is 6. The van der Waals surface area contributed by atoms with Crippen LogP contribution in [-0.4, -0.2) is 36.2 Å². The SMILES string of the molecule is CCO.O=P(O)(O)O.O=[P+](O)O. The number of aliphatic hydroxyl groups excluding tert-OH is 1. The molecule has 0 spiro atoms. The van der Waals surface area contributed by atoms with Gasteiger partial charge in [-0.1, -0.05) is 0 Å². The molecular formula is C2H11O8P2+. The van der Waals surface area contributed by atoms with Crippen molar-refractivity contribution < 1.29 is 38.7 Å². The highest BCUT2D eigenvalue weighted by Gasteiger charge is 2.00. The van der Waals surface area contributed by atoms with Crippen molar-refractivity contribution in [2.75, 3.05) is 6.61 Å². The number of phosphoric acid groups is 1. The van der Waals surface area contributed by atoms with Crippen molar-refractivity contribution in [3.05, 3.63) is 0 Å². The molecule has 0 fully saturated rings. The van der Waals surface area contributed by atoms with Gasteiger partial charge in [0.2, 0.25) is 0 Å². The van der Waals surface area contributed by atoms with Gasteiger partial charge in [0.05, 0.1) is 0 Å². The molecule has 0 radical (unpaired) electrons. The summed E-state index contributed by atoms with van der Waals surface area (Å²) in [7, 11) is -7.51. The van der Waals surface area contributed by atoms with Gasteiger partial charge in [-0.05, 0) is 6.92 Å². The Morgan fingerprint density at radius 3 is 1.25 bits per heavy atom. The van der Waals surface area contributed by atoms with Gasteiger partial charge in [-0.3, -0.25) is 0 Å². The fourth-order valence-electron chi connectivity index (χ4n) is 0. The summed E-state index contributed by atoms with van der Waals surface area (Å²) in [6, 6.07) is 0. The third kappa shape index (κ3) is 103000. The van der Waals surface area contributed by atoms with E-state index in [1.54, 1.807) is 6.92 Å². The predicted octanol–water partition coefficient (Wildman–Crippen LogP) is -1.30. The van der Waals surface area contributed by atoms with E-state index in [-0.39, 0.29) is 6.61 Å². The monoisotopic (exact) mass is 225 g/mol. The van der Waals surface area contributed by atoms with E-state index < -0.39 is 16.1 Å². The fourth-order valence-corrected chi connectivity index (χ4v) is 0. The van der Waals surface area contributed by atoms with E-state index in [2.05, 4.69) is 0 Å². The van der Waals surface area contributed by atoms with Crippen molar-refractivity contribution >= 4 is 16.1 Å². The highest BCUT2D eigenvalue weighted by atomic mass is 31.2. The molecule has 76 valence electrons. The molecule has 0 rings (SSSR count). The van der Waals surface area contributed by atoms with Crippen molar-refractivity contribution in [3.63, 3.8) is 0 Å². The van der Waals surface area contributed by atoms with Gasteiger partial charge in [0.1, 0.15) is 0 Å². The van der Waals surface area contributed by atoms with Crippen LogP contribution in [0.1, 0.15) is 6.92 Å². The quantitative estimate of drug-likeness (QED) is 0.278. The van der Waals surface area contributed by atoms with Crippen LogP contribution >= 0.6 is 16.1 Å². The van der Waals surface area contributed by atoms with Crippen LogP contribution in [0, 0.1) is 0 Å². The normalized spacial score (nSPS) is 8.58. The molecule has 0 saturated carbocycles. The Labute approximate surface area is 69.3 Å². The third-order valence-electron chi connectivity index (χ3n) is 0. The van der Waals surface area contributed by atoms with E-state index in [0.717, 1.165) is 0 Å². The van der Waals surface area contributed by atoms with E-state index >= 15 is 0 Å². The average molecular weight is 225 g/mol. The summed E-state index contributed by atoms with van der Waals surface area (Å²) in [5.74, 6) is 0. The molecule has 10 heteroatoms. The highest BCUT2D eigenvalue weighted by Crippen LogP contribution is 2.25. The number of rotatable bonds is 0. The second-order valence-electron chi connectivity index (χ2n) is 1.08. The molecule has 0 aliphatic carbocycles. The smallest absolute Gasteiger partial charge is 0.397 e. The van der Waals surface area contributed by atoms with Crippen LogP contribution in [0.4, 0.5) is 0 Å². The Kier molecular flexibility index (Phi) is 16.6. The van der Waals surface area contributed by atoms with Gasteiger partial charge >= 0.3 is 16.1 Å². The highest BCUT2D eigenvalue weighted by molar-refractivity contribution is 7.45. The summed E-state index contributed by atoms with van der Waals surface area (Å²) in [6.45, 7) is 1.93. The first kappa shape index (κ1) is 18.0. The zero-order chi connectivity index (χ0) is 10.8. The van der Waals surface area contributed by atoms with Gasteiger partial charge in [0.15, 0.2) is 0 Å². The standard InChI is InChI=1S/C2H6O.H3O4P.HO3P/c1-2-3;1-5(2,3)4;1-4(2)3/h3H,2H2,1H3;(H3,1,2,3,4);(H-,1,2,3)/p+1. The minimum absolute atomic E-state index is 0.250. The maximum atomic E-state index is 8.88. The first-order valence-corrected chi connectivity index (χ1v) is 5.12. The third-order valence-corrected chi connectivity index (χ3v) is 0. The van der Waals surface area contributed by atoms with E-state index in [1.165, 1.54) is 0 Å². The van der Waals surface area contributed by atoms with E-state index in [4.69, 9.17) is 38.7 Å². The maximum absolute atomic E-state index is 8.88. The van der Waals surface area contributed by atoms with Gasteiger partial charge in [0, 0.05) is 11.2 Å². The molecular weight excluding hydrogens is 214 g/mol. The van der Waals surface area contributed by atoms with Crippen LogP contribution in [-0.2, 0) is 9.13 Å². The lowest BCUT2D eigenvalue weighted by molar-refractivity contribution is 0.275. The van der Waals surface area contributed by atoms with Crippen LogP contribution in [0.3, 0.4) is 0 Å². The molecule has 0 aliphatic heterocycles. The van der Waals surface area contributed by atoms with Crippen LogP contribution in [0.2, 0.25) is 0 Å².